The maximum Gasteiger partial charge on any atom is 0.170 e. The van der Waals surface area contributed by atoms with Crippen LogP contribution in [0.5, 0.6) is 5.75 Å². The van der Waals surface area contributed by atoms with Crippen molar-refractivity contribution >= 4 is 23.4 Å². The number of thioether (sulfide) groups is 1. The van der Waals surface area contributed by atoms with E-state index in [1.165, 1.54) is 0 Å². The molecule has 0 radical (unpaired) electrons. The van der Waals surface area contributed by atoms with Crippen LogP contribution in [0.1, 0.15) is 12.8 Å². The van der Waals surface area contributed by atoms with Gasteiger partial charge in [0.2, 0.25) is 0 Å². The minimum atomic E-state index is 0.368. The molecule has 0 unspecified atom stereocenters. The van der Waals surface area contributed by atoms with Gasteiger partial charge in [0.25, 0.3) is 0 Å². The second kappa shape index (κ2) is 3.76. The SMILES string of the molecule is CSc1nccc(Cl)c1OC1CC1. The van der Waals surface area contributed by atoms with Crippen LogP contribution in [0, 0.1) is 0 Å². The van der Waals surface area contributed by atoms with E-state index in [9.17, 15) is 0 Å². The molecule has 2 rings (SSSR count). The summed E-state index contributed by atoms with van der Waals surface area (Å²) in [5.41, 5.74) is 0. The third-order valence-electron chi connectivity index (χ3n) is 1.83. The molecule has 1 aliphatic carbocycles. The molecule has 0 saturated heterocycles. The number of hydrogen-bond acceptors (Lipinski definition) is 3. The van der Waals surface area contributed by atoms with Crippen molar-refractivity contribution in [3.8, 4) is 5.75 Å². The third-order valence-corrected chi connectivity index (χ3v) is 2.80. The van der Waals surface area contributed by atoms with Gasteiger partial charge in [-0.1, -0.05) is 11.6 Å². The largest absolute Gasteiger partial charge is 0.486 e. The second-order valence-corrected chi connectivity index (χ2v) is 4.15. The van der Waals surface area contributed by atoms with Crippen molar-refractivity contribution in [1.29, 1.82) is 0 Å². The van der Waals surface area contributed by atoms with Gasteiger partial charge in [0.1, 0.15) is 5.03 Å². The van der Waals surface area contributed by atoms with Gasteiger partial charge in [-0.15, -0.1) is 11.8 Å². The first kappa shape index (κ1) is 9.16. The van der Waals surface area contributed by atoms with E-state index in [1.54, 1.807) is 24.0 Å². The van der Waals surface area contributed by atoms with E-state index in [0.29, 0.717) is 11.1 Å². The average molecular weight is 216 g/mol. The Kier molecular flexibility index (Phi) is 2.65. The molecular formula is C9H10ClNOS. The summed E-state index contributed by atoms with van der Waals surface area (Å²) in [5, 5.41) is 1.53. The maximum atomic E-state index is 6.00. The summed E-state index contributed by atoms with van der Waals surface area (Å²) in [5.74, 6) is 0.749. The third kappa shape index (κ3) is 2.09. The normalized spacial score (nSPS) is 15.8. The Morgan fingerprint density at radius 2 is 2.38 bits per heavy atom. The number of halogens is 1. The van der Waals surface area contributed by atoms with Gasteiger partial charge in [-0.2, -0.15) is 0 Å². The van der Waals surface area contributed by atoms with Crippen LogP contribution in [-0.4, -0.2) is 17.3 Å². The molecule has 0 aliphatic heterocycles. The Balaban J connectivity index is 2.27. The molecule has 1 aliphatic rings. The van der Waals surface area contributed by atoms with Crippen molar-refractivity contribution in [2.24, 2.45) is 0 Å². The summed E-state index contributed by atoms with van der Waals surface area (Å²) in [7, 11) is 0. The number of nitrogens with zero attached hydrogens (tertiary/aromatic N) is 1. The zero-order chi connectivity index (χ0) is 9.26. The Morgan fingerprint density at radius 1 is 1.62 bits per heavy atom. The average Bonchev–Trinajstić information content (AvgIpc) is 2.92. The minimum absolute atomic E-state index is 0.368. The fourth-order valence-corrected chi connectivity index (χ4v) is 1.77. The first-order valence-corrected chi connectivity index (χ1v) is 5.76. The van der Waals surface area contributed by atoms with E-state index in [0.717, 1.165) is 23.6 Å². The van der Waals surface area contributed by atoms with E-state index in [1.807, 2.05) is 6.26 Å². The van der Waals surface area contributed by atoms with Gasteiger partial charge in [-0.25, -0.2) is 4.98 Å². The lowest BCUT2D eigenvalue weighted by Crippen LogP contribution is -1.99. The fourth-order valence-electron chi connectivity index (χ4n) is 1.01. The quantitative estimate of drug-likeness (QED) is 0.724. The number of hydrogen-bond donors (Lipinski definition) is 0. The molecule has 1 aromatic rings. The lowest BCUT2D eigenvalue weighted by molar-refractivity contribution is 0.294. The van der Waals surface area contributed by atoms with Crippen LogP contribution >= 0.6 is 23.4 Å². The number of pyridine rings is 1. The van der Waals surface area contributed by atoms with Gasteiger partial charge in [-0.05, 0) is 25.2 Å². The van der Waals surface area contributed by atoms with Crippen LogP contribution in [0.2, 0.25) is 5.02 Å². The van der Waals surface area contributed by atoms with E-state index in [-0.39, 0.29) is 0 Å². The Bertz CT molecular complexity index is 314. The first-order chi connectivity index (χ1) is 6.31. The van der Waals surface area contributed by atoms with Crippen molar-refractivity contribution < 1.29 is 4.74 Å². The summed E-state index contributed by atoms with van der Waals surface area (Å²) in [6.45, 7) is 0. The standard InChI is InChI=1S/C9H10ClNOS/c1-13-9-8(12-6-2-3-6)7(10)4-5-11-9/h4-6H,2-3H2,1H3. The zero-order valence-corrected chi connectivity index (χ0v) is 8.86. The van der Waals surface area contributed by atoms with Crippen LogP contribution in [0.4, 0.5) is 0 Å². The minimum Gasteiger partial charge on any atom is -0.486 e. The Morgan fingerprint density at radius 3 is 3.00 bits per heavy atom. The van der Waals surface area contributed by atoms with Crippen molar-refractivity contribution in [2.75, 3.05) is 6.26 Å². The molecule has 1 saturated carbocycles. The van der Waals surface area contributed by atoms with E-state index < -0.39 is 0 Å². The molecule has 2 nitrogen and oxygen atoms in total. The zero-order valence-electron chi connectivity index (χ0n) is 7.29. The molecule has 1 heterocycles. The lowest BCUT2D eigenvalue weighted by Gasteiger charge is -2.09. The number of aromatic nitrogens is 1. The summed E-state index contributed by atoms with van der Waals surface area (Å²) in [6.07, 6.45) is 6.32. The van der Waals surface area contributed by atoms with Crippen LogP contribution in [-0.2, 0) is 0 Å². The summed E-state index contributed by atoms with van der Waals surface area (Å²) < 4.78 is 5.66. The molecule has 1 aromatic heterocycles. The molecule has 4 heteroatoms. The molecular weight excluding hydrogens is 206 g/mol. The monoisotopic (exact) mass is 215 g/mol. The van der Waals surface area contributed by atoms with E-state index >= 15 is 0 Å². The summed E-state index contributed by atoms with van der Waals surface area (Å²) in [4.78, 5) is 4.19. The van der Waals surface area contributed by atoms with Gasteiger partial charge in [0.05, 0.1) is 11.1 Å². The van der Waals surface area contributed by atoms with Gasteiger partial charge in [0.15, 0.2) is 5.75 Å². The molecule has 0 atom stereocenters. The predicted octanol–water partition coefficient (Wildman–Crippen LogP) is 3.00. The highest BCUT2D eigenvalue weighted by Gasteiger charge is 2.25. The molecule has 0 spiro atoms. The van der Waals surface area contributed by atoms with E-state index in [2.05, 4.69) is 4.98 Å². The number of ether oxygens (including phenoxy) is 1. The first-order valence-electron chi connectivity index (χ1n) is 4.16. The molecule has 70 valence electrons. The fraction of sp³-hybridized carbons (Fsp3) is 0.444. The van der Waals surface area contributed by atoms with E-state index in [4.69, 9.17) is 16.3 Å². The van der Waals surface area contributed by atoms with Gasteiger partial charge in [-0.3, -0.25) is 0 Å². The highest BCUT2D eigenvalue weighted by atomic mass is 35.5. The van der Waals surface area contributed by atoms with Crippen LogP contribution in [0.25, 0.3) is 0 Å². The predicted molar refractivity (Wildman–Crippen MR) is 54.7 cm³/mol. The highest BCUT2D eigenvalue weighted by molar-refractivity contribution is 7.98. The van der Waals surface area contributed by atoms with Crippen LogP contribution in [0.3, 0.4) is 0 Å². The van der Waals surface area contributed by atoms with Gasteiger partial charge in [0, 0.05) is 6.20 Å². The van der Waals surface area contributed by atoms with Crippen molar-refractivity contribution in [3.05, 3.63) is 17.3 Å². The maximum absolute atomic E-state index is 6.00. The van der Waals surface area contributed by atoms with Crippen molar-refractivity contribution in [2.45, 2.75) is 24.0 Å². The number of rotatable bonds is 3. The van der Waals surface area contributed by atoms with Crippen molar-refractivity contribution in [3.63, 3.8) is 0 Å². The second-order valence-electron chi connectivity index (χ2n) is 2.95. The van der Waals surface area contributed by atoms with Crippen LogP contribution < -0.4 is 4.74 Å². The van der Waals surface area contributed by atoms with Gasteiger partial charge >= 0.3 is 0 Å². The summed E-state index contributed by atoms with van der Waals surface area (Å²) in [6, 6.07) is 1.76. The van der Waals surface area contributed by atoms with Crippen LogP contribution in [0.15, 0.2) is 17.3 Å². The molecule has 13 heavy (non-hydrogen) atoms. The summed E-state index contributed by atoms with van der Waals surface area (Å²) >= 11 is 7.56. The molecule has 1 fully saturated rings. The van der Waals surface area contributed by atoms with Gasteiger partial charge < -0.3 is 4.74 Å². The topological polar surface area (TPSA) is 22.1 Å². The Hall–Kier alpha value is -0.410. The molecule has 0 aromatic carbocycles. The smallest absolute Gasteiger partial charge is 0.170 e. The molecule has 0 bridgehead atoms. The highest BCUT2D eigenvalue weighted by Crippen LogP contribution is 2.37. The lowest BCUT2D eigenvalue weighted by atomic mass is 10.4. The van der Waals surface area contributed by atoms with Crippen molar-refractivity contribution in [1.82, 2.24) is 4.98 Å². The molecule has 0 N–H and O–H groups in total. The molecule has 0 amide bonds. The Labute approximate surface area is 86.6 Å².